The van der Waals surface area contributed by atoms with Crippen molar-refractivity contribution in [1.82, 2.24) is 20.0 Å². The van der Waals surface area contributed by atoms with Crippen molar-refractivity contribution in [2.75, 3.05) is 5.32 Å². The number of hydrogen-bond acceptors (Lipinski definition) is 3. The Morgan fingerprint density at radius 1 is 1.35 bits per heavy atom. The first kappa shape index (κ1) is 12.4. The number of rotatable bonds is 2. The highest BCUT2D eigenvalue weighted by atomic mass is 16.1. The molecule has 0 fully saturated rings. The van der Waals surface area contributed by atoms with Gasteiger partial charge in [-0.05, 0) is 19.9 Å². The molecule has 102 valence electrons. The number of amides is 1. The number of carbonyl (C=O) groups excluding carboxylic acids is 1. The summed E-state index contributed by atoms with van der Waals surface area (Å²) in [6, 6.07) is 5.67. The molecule has 1 amide bonds. The van der Waals surface area contributed by atoms with E-state index in [1.165, 1.54) is 0 Å². The van der Waals surface area contributed by atoms with E-state index >= 15 is 0 Å². The van der Waals surface area contributed by atoms with Gasteiger partial charge in [-0.2, -0.15) is 10.2 Å². The summed E-state index contributed by atoms with van der Waals surface area (Å²) in [4.78, 5) is 12.4. The standard InChI is InChI=1S/C14H15N5O/c1-8-12(9(2)19(3)18-8)14(20)16-11-6-4-5-10-7-15-17-13(10)11/h4-7H,1-3H3,(H,15,17)(H,16,20). The third-order valence-electron chi connectivity index (χ3n) is 3.46. The van der Waals surface area contributed by atoms with Crippen LogP contribution in [0, 0.1) is 13.8 Å². The summed E-state index contributed by atoms with van der Waals surface area (Å²) in [5, 5.41) is 15.0. The first-order valence-electron chi connectivity index (χ1n) is 6.31. The Kier molecular flexibility index (Phi) is 2.78. The molecule has 3 rings (SSSR count). The van der Waals surface area contributed by atoms with Crippen molar-refractivity contribution in [3.05, 3.63) is 41.3 Å². The number of aromatic amines is 1. The van der Waals surface area contributed by atoms with Crippen LogP contribution in [0.25, 0.3) is 10.9 Å². The average molecular weight is 269 g/mol. The quantitative estimate of drug-likeness (QED) is 0.748. The highest BCUT2D eigenvalue weighted by molar-refractivity contribution is 6.09. The maximum atomic E-state index is 12.4. The van der Waals surface area contributed by atoms with Gasteiger partial charge in [0.25, 0.3) is 5.91 Å². The molecule has 0 aliphatic carbocycles. The Labute approximate surface area is 115 Å². The van der Waals surface area contributed by atoms with E-state index in [4.69, 9.17) is 0 Å². The molecule has 0 radical (unpaired) electrons. The largest absolute Gasteiger partial charge is 0.320 e. The Bertz CT molecular complexity index is 799. The number of aryl methyl sites for hydroxylation is 2. The minimum Gasteiger partial charge on any atom is -0.320 e. The van der Waals surface area contributed by atoms with Crippen LogP contribution in [0.3, 0.4) is 0 Å². The van der Waals surface area contributed by atoms with Gasteiger partial charge in [-0.1, -0.05) is 12.1 Å². The van der Waals surface area contributed by atoms with Crippen molar-refractivity contribution < 1.29 is 4.79 Å². The van der Waals surface area contributed by atoms with Crippen molar-refractivity contribution in [3.8, 4) is 0 Å². The van der Waals surface area contributed by atoms with E-state index in [-0.39, 0.29) is 5.91 Å². The van der Waals surface area contributed by atoms with Crippen LogP contribution in [-0.2, 0) is 7.05 Å². The van der Waals surface area contributed by atoms with Gasteiger partial charge in [-0.25, -0.2) is 0 Å². The van der Waals surface area contributed by atoms with Gasteiger partial charge in [0.1, 0.15) is 0 Å². The zero-order valence-corrected chi connectivity index (χ0v) is 11.6. The number of anilines is 1. The molecule has 20 heavy (non-hydrogen) atoms. The van der Waals surface area contributed by atoms with Crippen molar-refractivity contribution in [3.63, 3.8) is 0 Å². The third kappa shape index (κ3) is 1.85. The number of nitrogens with one attached hydrogen (secondary N) is 2. The van der Waals surface area contributed by atoms with E-state index < -0.39 is 0 Å². The van der Waals surface area contributed by atoms with Gasteiger partial charge < -0.3 is 5.32 Å². The lowest BCUT2D eigenvalue weighted by atomic mass is 10.1. The Hall–Kier alpha value is -2.63. The van der Waals surface area contributed by atoms with Crippen molar-refractivity contribution in [1.29, 1.82) is 0 Å². The first-order chi connectivity index (χ1) is 9.58. The van der Waals surface area contributed by atoms with Crippen LogP contribution >= 0.6 is 0 Å². The maximum absolute atomic E-state index is 12.4. The minimum atomic E-state index is -0.157. The van der Waals surface area contributed by atoms with Crippen molar-refractivity contribution in [2.24, 2.45) is 7.05 Å². The van der Waals surface area contributed by atoms with Gasteiger partial charge in [0.2, 0.25) is 0 Å². The van der Waals surface area contributed by atoms with E-state index in [2.05, 4.69) is 20.6 Å². The molecule has 0 saturated carbocycles. The zero-order chi connectivity index (χ0) is 14.3. The molecule has 0 bridgehead atoms. The molecule has 0 aliphatic rings. The molecule has 3 aromatic rings. The fourth-order valence-electron chi connectivity index (χ4n) is 2.36. The number of carbonyl (C=O) groups is 1. The van der Waals surface area contributed by atoms with Crippen LogP contribution in [0.15, 0.2) is 24.4 Å². The summed E-state index contributed by atoms with van der Waals surface area (Å²) >= 11 is 0. The molecule has 0 atom stereocenters. The van der Waals surface area contributed by atoms with E-state index in [1.54, 1.807) is 10.9 Å². The van der Waals surface area contributed by atoms with Crippen LogP contribution in [0.1, 0.15) is 21.7 Å². The molecule has 6 heteroatoms. The second-order valence-electron chi connectivity index (χ2n) is 4.76. The van der Waals surface area contributed by atoms with Gasteiger partial charge in [-0.3, -0.25) is 14.6 Å². The van der Waals surface area contributed by atoms with Gasteiger partial charge in [0.05, 0.1) is 28.7 Å². The lowest BCUT2D eigenvalue weighted by molar-refractivity contribution is 0.102. The van der Waals surface area contributed by atoms with Crippen LogP contribution in [-0.4, -0.2) is 25.9 Å². The molecule has 6 nitrogen and oxygen atoms in total. The lowest BCUT2D eigenvalue weighted by Crippen LogP contribution is -2.14. The minimum absolute atomic E-state index is 0.157. The zero-order valence-electron chi connectivity index (χ0n) is 11.6. The summed E-state index contributed by atoms with van der Waals surface area (Å²) in [7, 11) is 1.83. The molecule has 0 aliphatic heterocycles. The SMILES string of the molecule is Cc1nn(C)c(C)c1C(=O)Nc1cccc2cn[nH]c12. The summed E-state index contributed by atoms with van der Waals surface area (Å²) in [5.41, 5.74) is 3.72. The van der Waals surface area contributed by atoms with Crippen LogP contribution in [0.4, 0.5) is 5.69 Å². The average Bonchev–Trinajstić information content (AvgIpc) is 2.96. The second-order valence-corrected chi connectivity index (χ2v) is 4.76. The van der Waals surface area contributed by atoms with Gasteiger partial charge in [0.15, 0.2) is 0 Å². The van der Waals surface area contributed by atoms with Gasteiger partial charge in [0, 0.05) is 18.1 Å². The van der Waals surface area contributed by atoms with Gasteiger partial charge >= 0.3 is 0 Å². The van der Waals surface area contributed by atoms with E-state index in [9.17, 15) is 4.79 Å². The molecule has 2 aromatic heterocycles. The number of aromatic nitrogens is 4. The van der Waals surface area contributed by atoms with Crippen LogP contribution in [0.2, 0.25) is 0 Å². The Morgan fingerprint density at radius 3 is 2.85 bits per heavy atom. The molecule has 2 heterocycles. The molecular weight excluding hydrogens is 254 g/mol. The molecule has 0 unspecified atom stereocenters. The summed E-state index contributed by atoms with van der Waals surface area (Å²) in [6.45, 7) is 3.71. The monoisotopic (exact) mass is 269 g/mol. The summed E-state index contributed by atoms with van der Waals surface area (Å²) in [6.07, 6.45) is 1.73. The van der Waals surface area contributed by atoms with E-state index in [1.807, 2.05) is 39.1 Å². The Morgan fingerprint density at radius 2 is 2.15 bits per heavy atom. The molecule has 2 N–H and O–H groups in total. The fraction of sp³-hybridized carbons (Fsp3) is 0.214. The number of para-hydroxylation sites is 1. The van der Waals surface area contributed by atoms with Crippen LogP contribution in [0.5, 0.6) is 0 Å². The third-order valence-corrected chi connectivity index (χ3v) is 3.46. The smallest absolute Gasteiger partial charge is 0.259 e. The summed E-state index contributed by atoms with van der Waals surface area (Å²) < 4.78 is 1.71. The number of nitrogens with zero attached hydrogens (tertiary/aromatic N) is 3. The van der Waals surface area contributed by atoms with Crippen LogP contribution < -0.4 is 5.32 Å². The predicted octanol–water partition coefficient (Wildman–Crippen LogP) is 2.17. The number of H-pyrrole nitrogens is 1. The highest BCUT2D eigenvalue weighted by Crippen LogP contribution is 2.22. The van der Waals surface area contributed by atoms with E-state index in [0.717, 1.165) is 22.3 Å². The lowest BCUT2D eigenvalue weighted by Gasteiger charge is -2.06. The molecule has 0 spiro atoms. The first-order valence-corrected chi connectivity index (χ1v) is 6.31. The molecule has 0 saturated heterocycles. The predicted molar refractivity (Wildman–Crippen MR) is 76.7 cm³/mol. The highest BCUT2D eigenvalue weighted by Gasteiger charge is 2.18. The number of hydrogen-bond donors (Lipinski definition) is 2. The topological polar surface area (TPSA) is 75.6 Å². The second kappa shape index (κ2) is 4.48. The fourth-order valence-corrected chi connectivity index (χ4v) is 2.36. The summed E-state index contributed by atoms with van der Waals surface area (Å²) in [5.74, 6) is -0.157. The number of benzene rings is 1. The van der Waals surface area contributed by atoms with Crippen molar-refractivity contribution >= 4 is 22.5 Å². The maximum Gasteiger partial charge on any atom is 0.259 e. The van der Waals surface area contributed by atoms with Crippen molar-refractivity contribution in [2.45, 2.75) is 13.8 Å². The molecule has 1 aromatic carbocycles. The Balaban J connectivity index is 1.99. The van der Waals surface area contributed by atoms with Gasteiger partial charge in [-0.15, -0.1) is 0 Å². The van der Waals surface area contributed by atoms with E-state index in [0.29, 0.717) is 11.3 Å². The molecular formula is C14H15N5O. The normalized spacial score (nSPS) is 10.9. The number of fused-ring (bicyclic) bond motifs is 1.